The second kappa shape index (κ2) is 3.37. The van der Waals surface area contributed by atoms with Crippen LogP contribution >= 0.6 is 11.3 Å². The molecule has 0 atom stereocenters. The minimum atomic E-state index is -4.46. The molecule has 0 saturated heterocycles. The standard InChI is InChI=1S/C7H5F3N4OS/c8-7(9,10)3-1-16-5-4(13-6(11)15)12-2-14(3)5/h1-2H,(H3,11,13,15). The van der Waals surface area contributed by atoms with E-state index in [-0.39, 0.29) is 10.6 Å². The van der Waals surface area contributed by atoms with E-state index in [9.17, 15) is 18.0 Å². The molecule has 0 aliphatic carbocycles. The number of carbonyl (C=O) groups is 1. The van der Waals surface area contributed by atoms with Gasteiger partial charge in [-0.3, -0.25) is 9.72 Å². The maximum atomic E-state index is 12.5. The number of amides is 2. The molecular formula is C7H5F3N4OS. The number of anilines is 1. The van der Waals surface area contributed by atoms with E-state index in [1.807, 2.05) is 0 Å². The van der Waals surface area contributed by atoms with Crippen LogP contribution in [0.4, 0.5) is 23.8 Å². The Morgan fingerprint density at radius 3 is 2.81 bits per heavy atom. The van der Waals surface area contributed by atoms with E-state index in [0.717, 1.165) is 27.4 Å². The van der Waals surface area contributed by atoms with Gasteiger partial charge in [0.1, 0.15) is 16.9 Å². The third-order valence-corrected chi connectivity index (χ3v) is 2.75. The molecule has 16 heavy (non-hydrogen) atoms. The summed E-state index contributed by atoms with van der Waals surface area (Å²) in [6.45, 7) is 0. The first-order valence-corrected chi connectivity index (χ1v) is 4.86. The van der Waals surface area contributed by atoms with Crippen LogP contribution in [0.25, 0.3) is 4.83 Å². The molecule has 2 aromatic heterocycles. The fourth-order valence-corrected chi connectivity index (χ4v) is 2.14. The summed E-state index contributed by atoms with van der Waals surface area (Å²) >= 11 is 0.826. The fourth-order valence-electron chi connectivity index (χ4n) is 1.20. The molecule has 2 aromatic rings. The van der Waals surface area contributed by atoms with Crippen LogP contribution in [0.15, 0.2) is 11.7 Å². The van der Waals surface area contributed by atoms with Crippen molar-refractivity contribution in [3.8, 4) is 0 Å². The zero-order valence-electron chi connectivity index (χ0n) is 7.58. The number of halogens is 3. The molecule has 0 aliphatic heterocycles. The van der Waals surface area contributed by atoms with Gasteiger partial charge in [-0.05, 0) is 0 Å². The highest BCUT2D eigenvalue weighted by Gasteiger charge is 2.35. The molecule has 0 radical (unpaired) electrons. The van der Waals surface area contributed by atoms with Gasteiger partial charge in [0.25, 0.3) is 0 Å². The molecule has 0 bridgehead atoms. The van der Waals surface area contributed by atoms with E-state index >= 15 is 0 Å². The molecule has 2 rings (SSSR count). The zero-order chi connectivity index (χ0) is 11.9. The maximum absolute atomic E-state index is 12.5. The lowest BCUT2D eigenvalue weighted by Crippen LogP contribution is -2.19. The number of nitrogens with zero attached hydrogens (tertiary/aromatic N) is 2. The van der Waals surface area contributed by atoms with Crippen molar-refractivity contribution in [2.45, 2.75) is 6.18 Å². The van der Waals surface area contributed by atoms with E-state index in [0.29, 0.717) is 0 Å². The van der Waals surface area contributed by atoms with Gasteiger partial charge in [0.05, 0.1) is 0 Å². The number of nitrogens with two attached hydrogens (primary N) is 1. The average Bonchev–Trinajstić information content (AvgIpc) is 2.65. The number of carbonyl (C=O) groups excluding carboxylic acids is 1. The van der Waals surface area contributed by atoms with Gasteiger partial charge in [-0.15, -0.1) is 11.3 Å². The topological polar surface area (TPSA) is 72.4 Å². The number of rotatable bonds is 1. The van der Waals surface area contributed by atoms with E-state index in [4.69, 9.17) is 5.73 Å². The molecule has 0 saturated carbocycles. The second-order valence-corrected chi connectivity index (χ2v) is 3.73. The van der Waals surface area contributed by atoms with Gasteiger partial charge in [-0.2, -0.15) is 13.2 Å². The number of urea groups is 1. The summed E-state index contributed by atoms with van der Waals surface area (Å²) in [5, 5.41) is 3.09. The first kappa shape index (κ1) is 10.7. The summed E-state index contributed by atoms with van der Waals surface area (Å²) < 4.78 is 38.3. The Kier molecular flexibility index (Phi) is 2.26. The molecule has 0 aromatic carbocycles. The molecule has 3 N–H and O–H groups in total. The number of primary amides is 1. The summed E-state index contributed by atoms with van der Waals surface area (Å²) in [4.78, 5) is 14.4. The van der Waals surface area contributed by atoms with Gasteiger partial charge >= 0.3 is 12.2 Å². The van der Waals surface area contributed by atoms with Crippen molar-refractivity contribution in [3.63, 3.8) is 0 Å². The molecule has 0 unspecified atom stereocenters. The monoisotopic (exact) mass is 250 g/mol. The van der Waals surface area contributed by atoms with Crippen molar-refractivity contribution in [2.24, 2.45) is 5.73 Å². The Morgan fingerprint density at radius 1 is 1.56 bits per heavy atom. The number of alkyl halides is 3. The highest BCUT2D eigenvalue weighted by Crippen LogP contribution is 2.34. The molecule has 0 fully saturated rings. The van der Waals surface area contributed by atoms with Crippen LogP contribution < -0.4 is 11.1 Å². The number of hydrogen-bond acceptors (Lipinski definition) is 3. The first-order chi connectivity index (χ1) is 7.39. The van der Waals surface area contributed by atoms with Crippen LogP contribution in [0.5, 0.6) is 0 Å². The van der Waals surface area contributed by atoms with Crippen molar-refractivity contribution in [2.75, 3.05) is 5.32 Å². The zero-order valence-corrected chi connectivity index (χ0v) is 8.39. The van der Waals surface area contributed by atoms with Crippen LogP contribution in [-0.2, 0) is 6.18 Å². The largest absolute Gasteiger partial charge is 0.432 e. The number of nitrogens with one attached hydrogen (secondary N) is 1. The fraction of sp³-hybridized carbons (Fsp3) is 0.143. The third-order valence-electron chi connectivity index (χ3n) is 1.80. The van der Waals surface area contributed by atoms with Gasteiger partial charge in [0.2, 0.25) is 0 Å². The summed E-state index contributed by atoms with van der Waals surface area (Å²) in [7, 11) is 0. The molecule has 0 spiro atoms. The molecule has 9 heteroatoms. The normalized spacial score (nSPS) is 11.9. The molecule has 2 amide bonds. The van der Waals surface area contributed by atoms with Gasteiger partial charge in [0, 0.05) is 5.38 Å². The summed E-state index contributed by atoms with van der Waals surface area (Å²) in [6.07, 6.45) is -3.47. The Morgan fingerprint density at radius 2 is 2.25 bits per heavy atom. The van der Waals surface area contributed by atoms with Crippen molar-refractivity contribution < 1.29 is 18.0 Å². The third kappa shape index (κ3) is 1.69. The summed E-state index contributed by atoms with van der Waals surface area (Å²) in [5.74, 6) is 0.0213. The lowest BCUT2D eigenvalue weighted by molar-refractivity contribution is -0.141. The average molecular weight is 250 g/mol. The Bertz CT molecular complexity index is 543. The quantitative estimate of drug-likeness (QED) is 0.811. The summed E-state index contributed by atoms with van der Waals surface area (Å²) in [6, 6.07) is -0.873. The number of fused-ring (bicyclic) bond motifs is 1. The summed E-state index contributed by atoms with van der Waals surface area (Å²) in [5.41, 5.74) is 4.01. The first-order valence-electron chi connectivity index (χ1n) is 3.98. The van der Waals surface area contributed by atoms with E-state index in [1.54, 1.807) is 0 Å². The second-order valence-electron chi connectivity index (χ2n) is 2.88. The van der Waals surface area contributed by atoms with Crippen LogP contribution in [0.2, 0.25) is 0 Å². The van der Waals surface area contributed by atoms with E-state index in [1.165, 1.54) is 0 Å². The smallest absolute Gasteiger partial charge is 0.351 e. The van der Waals surface area contributed by atoms with Crippen molar-refractivity contribution in [3.05, 3.63) is 17.4 Å². The highest BCUT2D eigenvalue weighted by atomic mass is 32.1. The van der Waals surface area contributed by atoms with E-state index in [2.05, 4.69) is 10.3 Å². The van der Waals surface area contributed by atoms with E-state index < -0.39 is 17.9 Å². The lowest BCUT2D eigenvalue weighted by Gasteiger charge is -2.02. The van der Waals surface area contributed by atoms with Gasteiger partial charge in [0.15, 0.2) is 5.82 Å². The Balaban J connectivity index is 2.52. The minimum Gasteiger partial charge on any atom is -0.351 e. The predicted molar refractivity (Wildman–Crippen MR) is 51.3 cm³/mol. The van der Waals surface area contributed by atoms with Gasteiger partial charge < -0.3 is 5.73 Å². The Hall–Kier alpha value is -1.77. The van der Waals surface area contributed by atoms with Crippen molar-refractivity contribution in [1.29, 1.82) is 0 Å². The van der Waals surface area contributed by atoms with Crippen molar-refractivity contribution >= 4 is 28.0 Å². The number of imidazole rings is 1. The van der Waals surface area contributed by atoms with Gasteiger partial charge in [-0.25, -0.2) is 9.78 Å². The van der Waals surface area contributed by atoms with Crippen LogP contribution in [0, 0.1) is 0 Å². The number of aromatic nitrogens is 2. The van der Waals surface area contributed by atoms with Crippen molar-refractivity contribution in [1.82, 2.24) is 9.38 Å². The molecule has 0 aliphatic rings. The number of thiazole rings is 1. The predicted octanol–water partition coefficient (Wildman–Crippen LogP) is 1.91. The number of hydrogen-bond donors (Lipinski definition) is 2. The molecule has 5 nitrogen and oxygen atoms in total. The Labute approximate surface area is 90.7 Å². The minimum absolute atomic E-state index is 0.0213. The highest BCUT2D eigenvalue weighted by molar-refractivity contribution is 7.16. The lowest BCUT2D eigenvalue weighted by atomic mass is 10.5. The van der Waals surface area contributed by atoms with Crippen LogP contribution in [0.3, 0.4) is 0 Å². The molecule has 86 valence electrons. The molecule has 2 heterocycles. The SMILES string of the molecule is NC(=O)Nc1ncn2c(C(F)(F)F)csc12. The van der Waals surface area contributed by atoms with Crippen LogP contribution in [0.1, 0.15) is 5.69 Å². The maximum Gasteiger partial charge on any atom is 0.432 e. The molecular weight excluding hydrogens is 245 g/mol. The van der Waals surface area contributed by atoms with Crippen LogP contribution in [-0.4, -0.2) is 15.4 Å². The van der Waals surface area contributed by atoms with Gasteiger partial charge in [-0.1, -0.05) is 0 Å².